The standard InChI is InChI=1S/C18H19N5O2/c24-11-10-14-6-8-16(9-7-14)20-18(25)17(23-13-19-21-22-23)12-15-4-2-1-3-5-15/h1-9,13,17,24H,10-12H2,(H,20,25). The molecule has 0 saturated heterocycles. The van der Waals surface area contributed by atoms with Crippen molar-refractivity contribution in [1.82, 2.24) is 20.2 Å². The van der Waals surface area contributed by atoms with Gasteiger partial charge in [-0.3, -0.25) is 4.79 Å². The molecule has 2 aromatic carbocycles. The lowest BCUT2D eigenvalue weighted by atomic mass is 10.1. The normalized spacial score (nSPS) is 11.9. The molecule has 3 aromatic rings. The van der Waals surface area contributed by atoms with Gasteiger partial charge in [-0.2, -0.15) is 0 Å². The molecular weight excluding hydrogens is 318 g/mol. The molecule has 1 atom stereocenters. The first kappa shape index (κ1) is 16.8. The Bertz CT molecular complexity index is 788. The number of carbonyl (C=O) groups is 1. The van der Waals surface area contributed by atoms with E-state index in [0.717, 1.165) is 11.1 Å². The van der Waals surface area contributed by atoms with Gasteiger partial charge in [0.05, 0.1) is 0 Å². The number of nitrogens with one attached hydrogen (secondary N) is 1. The van der Waals surface area contributed by atoms with E-state index in [9.17, 15) is 4.79 Å². The van der Waals surface area contributed by atoms with E-state index < -0.39 is 6.04 Å². The molecule has 0 radical (unpaired) electrons. The molecule has 1 unspecified atom stereocenters. The molecule has 0 saturated carbocycles. The maximum Gasteiger partial charge on any atom is 0.249 e. The van der Waals surface area contributed by atoms with Crippen LogP contribution in [0.2, 0.25) is 0 Å². The van der Waals surface area contributed by atoms with Crippen molar-refractivity contribution in [2.75, 3.05) is 11.9 Å². The molecular formula is C18H19N5O2. The minimum absolute atomic E-state index is 0.101. The van der Waals surface area contributed by atoms with Crippen LogP contribution in [0.3, 0.4) is 0 Å². The quantitative estimate of drug-likeness (QED) is 0.683. The molecule has 2 N–H and O–H groups in total. The van der Waals surface area contributed by atoms with E-state index >= 15 is 0 Å². The van der Waals surface area contributed by atoms with Crippen LogP contribution in [0.4, 0.5) is 5.69 Å². The summed E-state index contributed by atoms with van der Waals surface area (Å²) in [6.07, 6.45) is 2.52. The number of nitrogens with zero attached hydrogens (tertiary/aromatic N) is 4. The van der Waals surface area contributed by atoms with Gasteiger partial charge >= 0.3 is 0 Å². The Morgan fingerprint density at radius 3 is 2.48 bits per heavy atom. The Balaban J connectivity index is 1.75. The number of carbonyl (C=O) groups excluding carboxylic acids is 1. The average molecular weight is 337 g/mol. The molecule has 0 spiro atoms. The number of anilines is 1. The predicted molar refractivity (Wildman–Crippen MR) is 92.9 cm³/mol. The highest BCUT2D eigenvalue weighted by Gasteiger charge is 2.22. The fraction of sp³-hybridized carbons (Fsp3) is 0.222. The van der Waals surface area contributed by atoms with Crippen molar-refractivity contribution in [2.45, 2.75) is 18.9 Å². The second-order valence-electron chi connectivity index (χ2n) is 5.66. The summed E-state index contributed by atoms with van der Waals surface area (Å²) in [4.78, 5) is 12.8. The Hall–Kier alpha value is -3.06. The smallest absolute Gasteiger partial charge is 0.249 e. The van der Waals surface area contributed by atoms with Gasteiger partial charge in [0.1, 0.15) is 12.4 Å². The van der Waals surface area contributed by atoms with Crippen molar-refractivity contribution in [3.8, 4) is 0 Å². The molecule has 1 heterocycles. The third-order valence-electron chi connectivity index (χ3n) is 3.88. The zero-order valence-corrected chi connectivity index (χ0v) is 13.6. The van der Waals surface area contributed by atoms with E-state index in [4.69, 9.17) is 5.11 Å². The van der Waals surface area contributed by atoms with E-state index in [0.29, 0.717) is 18.5 Å². The Morgan fingerprint density at radius 2 is 1.84 bits per heavy atom. The van der Waals surface area contributed by atoms with Gasteiger partial charge in [-0.15, -0.1) is 5.10 Å². The number of amides is 1. The lowest BCUT2D eigenvalue weighted by molar-refractivity contribution is -0.119. The number of tetrazole rings is 1. The molecule has 7 heteroatoms. The highest BCUT2D eigenvalue weighted by molar-refractivity contribution is 5.93. The maximum absolute atomic E-state index is 12.8. The van der Waals surface area contributed by atoms with Crippen molar-refractivity contribution < 1.29 is 9.90 Å². The van der Waals surface area contributed by atoms with Crippen LogP contribution in [0.1, 0.15) is 17.2 Å². The molecule has 128 valence electrons. The van der Waals surface area contributed by atoms with Crippen molar-refractivity contribution in [1.29, 1.82) is 0 Å². The summed E-state index contributed by atoms with van der Waals surface area (Å²) in [5.74, 6) is -0.189. The highest BCUT2D eigenvalue weighted by atomic mass is 16.3. The summed E-state index contributed by atoms with van der Waals surface area (Å²) in [5, 5.41) is 23.0. The van der Waals surface area contributed by atoms with Crippen LogP contribution in [-0.4, -0.2) is 37.8 Å². The third kappa shape index (κ3) is 4.48. The average Bonchev–Trinajstić information content (AvgIpc) is 3.17. The van der Waals surface area contributed by atoms with E-state index in [1.54, 1.807) is 0 Å². The maximum atomic E-state index is 12.8. The fourth-order valence-corrected chi connectivity index (χ4v) is 2.56. The second-order valence-corrected chi connectivity index (χ2v) is 5.66. The van der Waals surface area contributed by atoms with Crippen LogP contribution in [0.5, 0.6) is 0 Å². The van der Waals surface area contributed by atoms with E-state index in [2.05, 4.69) is 20.8 Å². The van der Waals surface area contributed by atoms with Crippen LogP contribution in [0.15, 0.2) is 60.9 Å². The molecule has 1 amide bonds. The van der Waals surface area contributed by atoms with Crippen molar-refractivity contribution in [2.24, 2.45) is 0 Å². The Kier molecular flexibility index (Phi) is 5.48. The summed E-state index contributed by atoms with van der Waals surface area (Å²) in [5.41, 5.74) is 2.73. The molecule has 0 aliphatic heterocycles. The predicted octanol–water partition coefficient (Wildman–Crippen LogP) is 1.63. The monoisotopic (exact) mass is 337 g/mol. The number of aromatic nitrogens is 4. The van der Waals surface area contributed by atoms with Gasteiger partial charge in [-0.1, -0.05) is 42.5 Å². The first-order chi connectivity index (χ1) is 12.3. The SMILES string of the molecule is O=C(Nc1ccc(CCO)cc1)C(Cc1ccccc1)n1cnnn1. The number of benzene rings is 2. The van der Waals surface area contributed by atoms with Gasteiger partial charge < -0.3 is 10.4 Å². The summed E-state index contributed by atoms with van der Waals surface area (Å²) in [6.45, 7) is 0.101. The number of aliphatic hydroxyl groups is 1. The molecule has 1 aromatic heterocycles. The zero-order valence-electron chi connectivity index (χ0n) is 13.6. The topological polar surface area (TPSA) is 92.9 Å². The minimum atomic E-state index is -0.547. The van der Waals surface area contributed by atoms with Gasteiger partial charge in [0.2, 0.25) is 5.91 Å². The van der Waals surface area contributed by atoms with Gasteiger partial charge in [0.25, 0.3) is 0 Å². The molecule has 0 aliphatic carbocycles. The second kappa shape index (κ2) is 8.16. The van der Waals surface area contributed by atoms with Crippen LogP contribution in [0.25, 0.3) is 0 Å². The van der Waals surface area contributed by atoms with Gasteiger partial charge in [-0.05, 0) is 40.1 Å². The van der Waals surface area contributed by atoms with Crippen LogP contribution in [-0.2, 0) is 17.6 Å². The molecule has 25 heavy (non-hydrogen) atoms. The highest BCUT2D eigenvalue weighted by Crippen LogP contribution is 2.17. The Morgan fingerprint density at radius 1 is 1.08 bits per heavy atom. The number of hydrogen-bond donors (Lipinski definition) is 2. The van der Waals surface area contributed by atoms with Crippen LogP contribution < -0.4 is 5.32 Å². The lowest BCUT2D eigenvalue weighted by Crippen LogP contribution is -2.28. The molecule has 0 fully saturated rings. The summed E-state index contributed by atoms with van der Waals surface area (Å²) in [6, 6.07) is 16.6. The van der Waals surface area contributed by atoms with Gasteiger partial charge in [0, 0.05) is 18.7 Å². The Labute approximate surface area is 145 Å². The number of rotatable bonds is 7. The summed E-state index contributed by atoms with van der Waals surface area (Å²) >= 11 is 0. The van der Waals surface area contributed by atoms with Gasteiger partial charge in [-0.25, -0.2) is 4.68 Å². The number of hydrogen-bond acceptors (Lipinski definition) is 5. The van der Waals surface area contributed by atoms with Crippen LogP contribution >= 0.6 is 0 Å². The number of aliphatic hydroxyl groups excluding tert-OH is 1. The molecule has 0 bridgehead atoms. The first-order valence-corrected chi connectivity index (χ1v) is 8.03. The third-order valence-corrected chi connectivity index (χ3v) is 3.88. The summed E-state index contributed by atoms with van der Waals surface area (Å²) in [7, 11) is 0. The molecule has 3 rings (SSSR count). The summed E-state index contributed by atoms with van der Waals surface area (Å²) < 4.78 is 1.46. The van der Waals surface area contributed by atoms with Crippen molar-refractivity contribution >= 4 is 11.6 Å². The van der Waals surface area contributed by atoms with E-state index in [-0.39, 0.29) is 12.5 Å². The molecule has 7 nitrogen and oxygen atoms in total. The largest absolute Gasteiger partial charge is 0.396 e. The zero-order chi connectivity index (χ0) is 17.5. The fourth-order valence-electron chi connectivity index (χ4n) is 2.56. The van der Waals surface area contributed by atoms with E-state index in [1.165, 1.54) is 11.0 Å². The van der Waals surface area contributed by atoms with Crippen molar-refractivity contribution in [3.05, 3.63) is 72.1 Å². The van der Waals surface area contributed by atoms with Gasteiger partial charge in [0.15, 0.2) is 0 Å². The lowest BCUT2D eigenvalue weighted by Gasteiger charge is -2.16. The van der Waals surface area contributed by atoms with Crippen LogP contribution in [0, 0.1) is 0 Å². The van der Waals surface area contributed by atoms with Crippen molar-refractivity contribution in [3.63, 3.8) is 0 Å². The minimum Gasteiger partial charge on any atom is -0.396 e. The van der Waals surface area contributed by atoms with E-state index in [1.807, 2.05) is 54.6 Å². The first-order valence-electron chi connectivity index (χ1n) is 8.03. The molecule has 0 aliphatic rings.